The zero-order valence-electron chi connectivity index (χ0n) is 18.9. The first-order valence-corrected chi connectivity index (χ1v) is 13.3. The maximum absolute atomic E-state index is 13.5. The standard InChI is InChI=1S/C26H24FN3O2S2/c1-18-25(34(31,32)30-14-12-20(13-15-30)19-6-4-3-5-7-19)16-24(29(18)2)26-28-23(17-33-26)21-8-10-22(27)11-9-21/h3-12,16-17H,13-15H2,1-2H3. The third-order valence-corrected chi connectivity index (χ3v) is 9.13. The van der Waals surface area contributed by atoms with Gasteiger partial charge in [-0.15, -0.1) is 11.3 Å². The van der Waals surface area contributed by atoms with Crippen LogP contribution in [0.2, 0.25) is 0 Å². The van der Waals surface area contributed by atoms with Gasteiger partial charge in [0.2, 0.25) is 10.0 Å². The summed E-state index contributed by atoms with van der Waals surface area (Å²) >= 11 is 1.44. The quantitative estimate of drug-likeness (QED) is 0.356. The number of hydrogen-bond acceptors (Lipinski definition) is 4. The molecule has 3 heterocycles. The molecule has 0 bridgehead atoms. The van der Waals surface area contributed by atoms with Gasteiger partial charge in [-0.05, 0) is 54.8 Å². The molecule has 1 aliphatic rings. The lowest BCUT2D eigenvalue weighted by Crippen LogP contribution is -2.34. The Hall–Kier alpha value is -3.07. The van der Waals surface area contributed by atoms with E-state index in [0.717, 1.165) is 27.5 Å². The van der Waals surface area contributed by atoms with Crippen molar-refractivity contribution in [2.24, 2.45) is 7.05 Å². The Balaban J connectivity index is 1.42. The van der Waals surface area contributed by atoms with Crippen LogP contribution < -0.4 is 0 Å². The van der Waals surface area contributed by atoms with Gasteiger partial charge in [-0.25, -0.2) is 17.8 Å². The minimum absolute atomic E-state index is 0.296. The van der Waals surface area contributed by atoms with Gasteiger partial charge in [-0.3, -0.25) is 0 Å². The van der Waals surface area contributed by atoms with Crippen LogP contribution in [0.1, 0.15) is 17.7 Å². The van der Waals surface area contributed by atoms with Crippen LogP contribution in [0, 0.1) is 12.7 Å². The number of rotatable bonds is 5. The molecule has 4 aromatic rings. The molecule has 1 aliphatic heterocycles. The summed E-state index contributed by atoms with van der Waals surface area (Å²) in [7, 11) is -1.80. The maximum Gasteiger partial charge on any atom is 0.245 e. The third kappa shape index (κ3) is 4.13. The molecule has 0 atom stereocenters. The number of sulfonamides is 1. The fraction of sp³-hybridized carbons (Fsp3) is 0.192. The summed E-state index contributed by atoms with van der Waals surface area (Å²) in [5.41, 5.74) is 5.28. The number of halogens is 1. The summed E-state index contributed by atoms with van der Waals surface area (Å²) in [6.07, 6.45) is 2.68. The van der Waals surface area contributed by atoms with E-state index in [2.05, 4.69) is 12.1 Å². The van der Waals surface area contributed by atoms with Gasteiger partial charge in [0.1, 0.15) is 15.7 Å². The Morgan fingerprint density at radius 2 is 1.76 bits per heavy atom. The van der Waals surface area contributed by atoms with Crippen molar-refractivity contribution in [2.75, 3.05) is 13.1 Å². The van der Waals surface area contributed by atoms with E-state index < -0.39 is 10.0 Å². The summed E-state index contributed by atoms with van der Waals surface area (Å²) in [5, 5.41) is 2.62. The van der Waals surface area contributed by atoms with E-state index in [0.29, 0.717) is 30.1 Å². The summed E-state index contributed by atoms with van der Waals surface area (Å²) in [5.74, 6) is -0.296. The Labute approximate surface area is 202 Å². The molecule has 5 nitrogen and oxygen atoms in total. The second kappa shape index (κ2) is 8.94. The van der Waals surface area contributed by atoms with Crippen LogP contribution in [0.3, 0.4) is 0 Å². The van der Waals surface area contributed by atoms with Gasteiger partial charge in [0.15, 0.2) is 0 Å². The highest BCUT2D eigenvalue weighted by Gasteiger charge is 2.30. The van der Waals surface area contributed by atoms with Crippen LogP contribution in [0.5, 0.6) is 0 Å². The lowest BCUT2D eigenvalue weighted by atomic mass is 10.0. The van der Waals surface area contributed by atoms with E-state index in [1.807, 2.05) is 48.2 Å². The summed E-state index contributed by atoms with van der Waals surface area (Å²) in [4.78, 5) is 5.00. The molecule has 0 unspecified atom stereocenters. The van der Waals surface area contributed by atoms with E-state index in [9.17, 15) is 12.8 Å². The van der Waals surface area contributed by atoms with E-state index in [4.69, 9.17) is 4.98 Å². The summed E-state index contributed by atoms with van der Waals surface area (Å²) in [6.45, 7) is 2.61. The largest absolute Gasteiger partial charge is 0.345 e. The molecule has 34 heavy (non-hydrogen) atoms. The van der Waals surface area contributed by atoms with E-state index in [1.54, 1.807) is 18.2 Å². The van der Waals surface area contributed by atoms with E-state index >= 15 is 0 Å². The molecule has 0 saturated carbocycles. The molecule has 0 N–H and O–H groups in total. The predicted octanol–water partition coefficient (Wildman–Crippen LogP) is 5.74. The Bertz CT molecular complexity index is 1470. The SMILES string of the molecule is Cc1c(S(=O)(=O)N2CC=C(c3ccccc3)CC2)cc(-c2nc(-c3ccc(F)cc3)cs2)n1C. The van der Waals surface area contributed by atoms with Crippen LogP contribution >= 0.6 is 11.3 Å². The first-order chi connectivity index (χ1) is 16.3. The highest BCUT2D eigenvalue weighted by Crippen LogP contribution is 2.34. The van der Waals surface area contributed by atoms with Gasteiger partial charge in [0.25, 0.3) is 0 Å². The molecule has 0 radical (unpaired) electrons. The molecule has 174 valence electrons. The molecular weight excluding hydrogens is 469 g/mol. The second-order valence-corrected chi connectivity index (χ2v) is 11.1. The number of aromatic nitrogens is 2. The first kappa shape index (κ1) is 22.7. The van der Waals surface area contributed by atoms with E-state index in [-0.39, 0.29) is 5.82 Å². The lowest BCUT2D eigenvalue weighted by molar-refractivity contribution is 0.440. The predicted molar refractivity (Wildman–Crippen MR) is 134 cm³/mol. The Kier molecular flexibility index (Phi) is 5.97. The van der Waals surface area contributed by atoms with Crippen LogP contribution in [0.4, 0.5) is 4.39 Å². The fourth-order valence-electron chi connectivity index (χ4n) is 4.20. The molecule has 0 fully saturated rings. The molecule has 5 rings (SSSR count). The van der Waals surface area contributed by atoms with E-state index in [1.165, 1.54) is 33.3 Å². The molecule has 0 spiro atoms. The number of thiazole rings is 1. The number of hydrogen-bond donors (Lipinski definition) is 0. The number of nitrogens with zero attached hydrogens (tertiary/aromatic N) is 3. The van der Waals surface area contributed by atoms with Gasteiger partial charge < -0.3 is 4.57 Å². The second-order valence-electron chi connectivity index (χ2n) is 8.29. The van der Waals surface area contributed by atoms with Crippen molar-refractivity contribution in [1.82, 2.24) is 13.9 Å². The molecule has 0 aliphatic carbocycles. The Morgan fingerprint density at radius 1 is 1.03 bits per heavy atom. The van der Waals surface area contributed by atoms with Crippen LogP contribution in [0.25, 0.3) is 27.5 Å². The third-order valence-electron chi connectivity index (χ3n) is 6.29. The van der Waals surface area contributed by atoms with Crippen molar-refractivity contribution in [3.05, 3.63) is 89.2 Å². The molecule has 2 aromatic heterocycles. The molecule has 2 aromatic carbocycles. The molecule has 0 amide bonds. The van der Waals surface area contributed by atoms with Crippen molar-refractivity contribution in [3.63, 3.8) is 0 Å². The summed E-state index contributed by atoms with van der Waals surface area (Å²) in [6, 6.07) is 18.0. The minimum Gasteiger partial charge on any atom is -0.345 e. The van der Waals surface area contributed by atoms with Gasteiger partial charge in [-0.2, -0.15) is 4.31 Å². The minimum atomic E-state index is -3.66. The van der Waals surface area contributed by atoms with Crippen molar-refractivity contribution in [1.29, 1.82) is 0 Å². The van der Waals surface area contributed by atoms with Crippen molar-refractivity contribution >= 4 is 26.9 Å². The fourth-order valence-corrected chi connectivity index (χ4v) is 6.74. The number of benzene rings is 2. The zero-order chi connectivity index (χ0) is 23.9. The van der Waals surface area contributed by atoms with Crippen LogP contribution in [-0.4, -0.2) is 35.4 Å². The van der Waals surface area contributed by atoms with Gasteiger partial charge >= 0.3 is 0 Å². The highest BCUT2D eigenvalue weighted by molar-refractivity contribution is 7.89. The average molecular weight is 494 g/mol. The Morgan fingerprint density at radius 3 is 2.44 bits per heavy atom. The van der Waals surface area contributed by atoms with Gasteiger partial charge in [0, 0.05) is 36.8 Å². The van der Waals surface area contributed by atoms with Crippen molar-refractivity contribution < 1.29 is 12.8 Å². The van der Waals surface area contributed by atoms with Gasteiger partial charge in [-0.1, -0.05) is 36.4 Å². The lowest BCUT2D eigenvalue weighted by Gasteiger charge is -2.26. The normalized spacial score (nSPS) is 14.9. The average Bonchev–Trinajstić information content (AvgIpc) is 3.46. The van der Waals surface area contributed by atoms with Crippen molar-refractivity contribution in [3.8, 4) is 22.0 Å². The van der Waals surface area contributed by atoms with Crippen molar-refractivity contribution in [2.45, 2.75) is 18.2 Å². The monoisotopic (exact) mass is 493 g/mol. The summed E-state index contributed by atoms with van der Waals surface area (Å²) < 4.78 is 43.7. The first-order valence-electron chi connectivity index (χ1n) is 11.0. The smallest absolute Gasteiger partial charge is 0.245 e. The van der Waals surface area contributed by atoms with Crippen LogP contribution in [-0.2, 0) is 17.1 Å². The van der Waals surface area contributed by atoms with Crippen LogP contribution in [0.15, 0.2) is 77.0 Å². The molecule has 8 heteroatoms. The topological polar surface area (TPSA) is 55.2 Å². The highest BCUT2D eigenvalue weighted by atomic mass is 32.2. The zero-order valence-corrected chi connectivity index (χ0v) is 20.5. The molecule has 0 saturated heterocycles. The molecular formula is C26H24FN3O2S2. The van der Waals surface area contributed by atoms with Gasteiger partial charge in [0.05, 0.1) is 11.4 Å². The maximum atomic E-state index is 13.5.